The molecule has 4 heteroatoms. The van der Waals surface area contributed by atoms with E-state index in [4.69, 9.17) is 0 Å². The molecule has 0 aliphatic carbocycles. The second kappa shape index (κ2) is 5.39. The fourth-order valence-electron chi connectivity index (χ4n) is 1.46. The van der Waals surface area contributed by atoms with E-state index < -0.39 is 0 Å². The van der Waals surface area contributed by atoms with E-state index >= 15 is 0 Å². The van der Waals surface area contributed by atoms with E-state index in [9.17, 15) is 9.90 Å². The normalized spacial score (nSPS) is 12.7. The zero-order valence-electron chi connectivity index (χ0n) is 10.5. The van der Waals surface area contributed by atoms with Gasteiger partial charge < -0.3 is 5.11 Å². The molecule has 0 spiro atoms. The number of hydrogen-bond donors (Lipinski definition) is 1. The molecular formula is C13H16N2O2. The first-order valence-corrected chi connectivity index (χ1v) is 5.32. The van der Waals surface area contributed by atoms with E-state index in [1.54, 1.807) is 0 Å². The third-order valence-electron chi connectivity index (χ3n) is 2.37. The molecule has 0 saturated carbocycles. The van der Waals surface area contributed by atoms with Gasteiger partial charge in [0.05, 0.1) is 5.69 Å². The Morgan fingerprint density at radius 1 is 1.18 bits per heavy atom. The maximum atomic E-state index is 11.2. The van der Waals surface area contributed by atoms with Gasteiger partial charge in [0.15, 0.2) is 11.5 Å². The molecule has 0 bridgehead atoms. The number of aliphatic hydroxyl groups is 1. The largest absolute Gasteiger partial charge is 0.510 e. The summed E-state index contributed by atoms with van der Waals surface area (Å²) in [5.74, 6) is -0.424. The minimum atomic E-state index is -0.306. The molecule has 0 saturated heterocycles. The predicted molar refractivity (Wildman–Crippen MR) is 66.4 cm³/mol. The average molecular weight is 232 g/mol. The van der Waals surface area contributed by atoms with Crippen LogP contribution in [-0.4, -0.2) is 10.9 Å². The van der Waals surface area contributed by atoms with Crippen LogP contribution in [0.4, 0.5) is 5.69 Å². The molecular weight excluding hydrogens is 216 g/mol. The maximum absolute atomic E-state index is 11.2. The Hall–Kier alpha value is -1.97. The van der Waals surface area contributed by atoms with Gasteiger partial charge in [0, 0.05) is 6.92 Å². The summed E-state index contributed by atoms with van der Waals surface area (Å²) in [7, 11) is 0. The summed E-state index contributed by atoms with van der Waals surface area (Å²) < 4.78 is 0. The molecule has 0 heterocycles. The van der Waals surface area contributed by atoms with Crippen LogP contribution in [0.3, 0.4) is 0 Å². The van der Waals surface area contributed by atoms with Gasteiger partial charge in [0.25, 0.3) is 0 Å². The molecule has 0 radical (unpaired) electrons. The molecule has 90 valence electrons. The fraction of sp³-hybridized carbons (Fsp3) is 0.308. The number of ketones is 1. The van der Waals surface area contributed by atoms with Crippen molar-refractivity contribution in [3.8, 4) is 0 Å². The number of allylic oxidation sites excluding steroid dienone is 2. The van der Waals surface area contributed by atoms with Gasteiger partial charge in [-0.1, -0.05) is 18.2 Å². The SMILES string of the molecule is CC(=O)/C(N=Nc1c(C)cccc1C)=C(/C)O. The van der Waals surface area contributed by atoms with Crippen LogP contribution in [-0.2, 0) is 4.79 Å². The standard InChI is InChI=1S/C13H16N2O2/c1-8-6-5-7-9(2)12(8)14-15-13(10(3)16)11(4)17/h5-7,16H,1-4H3/b13-10+,15-14?. The average Bonchev–Trinajstić information content (AvgIpc) is 2.21. The molecule has 0 aromatic heterocycles. The van der Waals surface area contributed by atoms with E-state index in [-0.39, 0.29) is 17.2 Å². The first kappa shape index (κ1) is 13.1. The third-order valence-corrected chi connectivity index (χ3v) is 2.37. The van der Waals surface area contributed by atoms with Crippen molar-refractivity contribution in [1.82, 2.24) is 0 Å². The zero-order valence-corrected chi connectivity index (χ0v) is 10.5. The second-order valence-corrected chi connectivity index (χ2v) is 3.93. The summed E-state index contributed by atoms with van der Waals surface area (Å²) in [4.78, 5) is 11.2. The molecule has 4 nitrogen and oxygen atoms in total. The minimum absolute atomic E-state index is 0.00680. The van der Waals surface area contributed by atoms with Crippen LogP contribution in [0.1, 0.15) is 25.0 Å². The van der Waals surface area contributed by atoms with Gasteiger partial charge in [-0.15, -0.1) is 10.2 Å². The smallest absolute Gasteiger partial charge is 0.183 e. The molecule has 1 N–H and O–H groups in total. The van der Waals surface area contributed by atoms with Crippen molar-refractivity contribution < 1.29 is 9.90 Å². The number of hydrogen-bond acceptors (Lipinski definition) is 4. The van der Waals surface area contributed by atoms with E-state index in [1.165, 1.54) is 13.8 Å². The van der Waals surface area contributed by atoms with Crippen LogP contribution >= 0.6 is 0 Å². The lowest BCUT2D eigenvalue weighted by Gasteiger charge is -2.03. The molecule has 17 heavy (non-hydrogen) atoms. The van der Waals surface area contributed by atoms with Crippen LogP contribution in [0, 0.1) is 13.8 Å². The number of carbonyl (C=O) groups is 1. The van der Waals surface area contributed by atoms with Crippen LogP contribution in [0.25, 0.3) is 0 Å². The Bertz CT molecular complexity index is 478. The van der Waals surface area contributed by atoms with E-state index in [2.05, 4.69) is 10.2 Å². The highest BCUT2D eigenvalue weighted by atomic mass is 16.3. The van der Waals surface area contributed by atoms with Crippen LogP contribution in [0.15, 0.2) is 39.9 Å². The van der Waals surface area contributed by atoms with E-state index in [0.29, 0.717) is 0 Å². The van der Waals surface area contributed by atoms with Gasteiger partial charge in [-0.3, -0.25) is 4.79 Å². The molecule has 1 rings (SSSR count). The highest BCUT2D eigenvalue weighted by molar-refractivity contribution is 5.93. The second-order valence-electron chi connectivity index (χ2n) is 3.93. The summed E-state index contributed by atoms with van der Waals surface area (Å²) >= 11 is 0. The van der Waals surface area contributed by atoms with Crippen LogP contribution in [0.2, 0.25) is 0 Å². The molecule has 0 aliphatic rings. The fourth-order valence-corrected chi connectivity index (χ4v) is 1.46. The molecule has 0 atom stereocenters. The number of benzene rings is 1. The first-order chi connectivity index (χ1) is 7.93. The monoisotopic (exact) mass is 232 g/mol. The lowest BCUT2D eigenvalue weighted by atomic mass is 10.1. The van der Waals surface area contributed by atoms with Crippen LogP contribution in [0.5, 0.6) is 0 Å². The lowest BCUT2D eigenvalue weighted by molar-refractivity contribution is -0.113. The Balaban J connectivity index is 3.14. The summed E-state index contributed by atoms with van der Waals surface area (Å²) in [6, 6.07) is 5.78. The molecule has 1 aromatic rings. The van der Waals surface area contributed by atoms with Crippen LogP contribution < -0.4 is 0 Å². The highest BCUT2D eigenvalue weighted by Crippen LogP contribution is 2.24. The number of nitrogens with zero attached hydrogens (tertiary/aromatic N) is 2. The van der Waals surface area contributed by atoms with Crippen molar-refractivity contribution in [2.45, 2.75) is 27.7 Å². The Morgan fingerprint density at radius 3 is 2.12 bits per heavy atom. The van der Waals surface area contributed by atoms with Crippen molar-refractivity contribution in [2.75, 3.05) is 0 Å². The van der Waals surface area contributed by atoms with Crippen molar-refractivity contribution in [2.24, 2.45) is 10.2 Å². The number of azo groups is 1. The number of aryl methyl sites for hydroxylation is 2. The summed E-state index contributed by atoms with van der Waals surface area (Å²) in [6.45, 7) is 6.61. The molecule has 0 unspecified atom stereocenters. The number of Topliss-reactive ketones (excluding diaryl/α,β-unsaturated/α-hetero) is 1. The number of rotatable bonds is 3. The molecule has 0 amide bonds. The predicted octanol–water partition coefficient (Wildman–Crippen LogP) is 3.77. The summed E-state index contributed by atoms with van der Waals surface area (Å²) in [6.07, 6.45) is 0. The third kappa shape index (κ3) is 3.24. The minimum Gasteiger partial charge on any atom is -0.510 e. The van der Waals surface area contributed by atoms with Gasteiger partial charge in [0.1, 0.15) is 5.76 Å². The lowest BCUT2D eigenvalue weighted by Crippen LogP contribution is -1.96. The molecule has 0 aliphatic heterocycles. The van der Waals surface area contributed by atoms with Gasteiger partial charge >= 0.3 is 0 Å². The molecule has 1 aromatic carbocycles. The number of aliphatic hydroxyl groups excluding tert-OH is 1. The van der Waals surface area contributed by atoms with E-state index in [0.717, 1.165) is 16.8 Å². The van der Waals surface area contributed by atoms with Crippen molar-refractivity contribution in [3.05, 3.63) is 40.8 Å². The van der Waals surface area contributed by atoms with Gasteiger partial charge in [-0.05, 0) is 31.9 Å². The van der Waals surface area contributed by atoms with Crippen molar-refractivity contribution in [3.63, 3.8) is 0 Å². The highest BCUT2D eigenvalue weighted by Gasteiger charge is 2.07. The quantitative estimate of drug-likeness (QED) is 0.490. The Labute approximate surface area is 101 Å². The summed E-state index contributed by atoms with van der Waals surface area (Å²) in [5.41, 5.74) is 2.68. The van der Waals surface area contributed by atoms with E-state index in [1.807, 2.05) is 32.0 Å². The zero-order chi connectivity index (χ0) is 13.0. The van der Waals surface area contributed by atoms with Gasteiger partial charge in [-0.2, -0.15) is 0 Å². The first-order valence-electron chi connectivity index (χ1n) is 5.32. The summed E-state index contributed by atoms with van der Waals surface area (Å²) in [5, 5.41) is 17.2. The van der Waals surface area contributed by atoms with Crippen molar-refractivity contribution >= 4 is 11.5 Å². The van der Waals surface area contributed by atoms with Crippen molar-refractivity contribution in [1.29, 1.82) is 0 Å². The Kier molecular flexibility index (Phi) is 4.15. The Morgan fingerprint density at radius 2 is 1.71 bits per heavy atom. The molecule has 0 fully saturated rings. The topological polar surface area (TPSA) is 62.0 Å². The van der Waals surface area contributed by atoms with Gasteiger partial charge in [0.2, 0.25) is 0 Å². The number of carbonyl (C=O) groups excluding carboxylic acids is 1. The van der Waals surface area contributed by atoms with Gasteiger partial charge in [-0.25, -0.2) is 0 Å². The maximum Gasteiger partial charge on any atom is 0.183 e.